The van der Waals surface area contributed by atoms with Crippen LogP contribution in [0.25, 0.3) is 0 Å². The highest BCUT2D eigenvalue weighted by Crippen LogP contribution is 1.94. The maximum Gasteiger partial charge on any atom is 0.0792 e. The molecule has 0 fully saturated rings. The molecule has 0 amide bonds. The topological polar surface area (TPSA) is 20.2 Å². The molecule has 0 saturated carbocycles. The third-order valence-corrected chi connectivity index (χ3v) is 0.906. The molecule has 0 bridgehead atoms. The first-order chi connectivity index (χ1) is 3.18. The van der Waals surface area contributed by atoms with Gasteiger partial charge in [0.25, 0.3) is 0 Å². The summed E-state index contributed by atoms with van der Waals surface area (Å²) >= 11 is 0. The van der Waals surface area contributed by atoms with Gasteiger partial charge in [0.05, 0.1) is 6.10 Å². The fraction of sp³-hybridized carbons (Fsp3) is 0.500. The molecule has 0 aliphatic heterocycles. The molecule has 7 heavy (non-hydrogen) atoms. The summed E-state index contributed by atoms with van der Waals surface area (Å²) in [5, 5.41) is 8.68. The van der Waals surface area contributed by atoms with Gasteiger partial charge in [0, 0.05) is 0 Å². The Bertz CT molecular complexity index is 96.7. The van der Waals surface area contributed by atoms with Crippen LogP contribution in [-0.2, 0) is 0 Å². The van der Waals surface area contributed by atoms with Crippen molar-refractivity contribution < 1.29 is 5.11 Å². The average molecular weight is 98.1 g/mol. The summed E-state index contributed by atoms with van der Waals surface area (Å²) in [5.74, 6) is 0. The Morgan fingerprint density at radius 2 is 2.29 bits per heavy atom. The Morgan fingerprint density at radius 1 is 1.86 bits per heavy atom. The summed E-state index contributed by atoms with van der Waals surface area (Å²) < 4.78 is 0. The number of rotatable bonds is 1. The van der Waals surface area contributed by atoms with Gasteiger partial charge in [-0.3, -0.25) is 0 Å². The highest BCUT2D eigenvalue weighted by atomic mass is 16.3. The Balaban J connectivity index is 3.81. The smallest absolute Gasteiger partial charge is 0.0792 e. The second kappa shape index (κ2) is 2.62. The predicted octanol–water partition coefficient (Wildman–Crippen LogP) is 1.10. The van der Waals surface area contributed by atoms with E-state index >= 15 is 0 Å². The van der Waals surface area contributed by atoms with Gasteiger partial charge in [0.2, 0.25) is 0 Å². The number of aliphatic hydroxyl groups is 1. The molecule has 0 aliphatic carbocycles. The minimum Gasteiger partial charge on any atom is -0.388 e. The molecule has 0 aromatic rings. The van der Waals surface area contributed by atoms with Crippen LogP contribution in [0.5, 0.6) is 0 Å². The van der Waals surface area contributed by atoms with Crippen molar-refractivity contribution in [2.24, 2.45) is 0 Å². The van der Waals surface area contributed by atoms with E-state index in [2.05, 4.69) is 12.3 Å². The fourth-order valence-electron chi connectivity index (χ4n) is 0.148. The average Bonchev–Trinajstić information content (AvgIpc) is 1.65. The number of hydrogen-bond donors (Lipinski definition) is 1. The van der Waals surface area contributed by atoms with E-state index < -0.39 is 6.10 Å². The van der Waals surface area contributed by atoms with E-state index in [-0.39, 0.29) is 0 Å². The first-order valence-electron chi connectivity index (χ1n) is 2.23. The molecule has 0 aliphatic rings. The van der Waals surface area contributed by atoms with Crippen molar-refractivity contribution in [1.29, 1.82) is 0 Å². The Hall–Kier alpha value is -0.520. The van der Waals surface area contributed by atoms with Crippen molar-refractivity contribution in [3.63, 3.8) is 0 Å². The Morgan fingerprint density at radius 3 is 2.29 bits per heavy atom. The molecule has 0 saturated heterocycles. The highest BCUT2D eigenvalue weighted by molar-refractivity contribution is 4.98. The van der Waals surface area contributed by atoms with Gasteiger partial charge in [0.1, 0.15) is 0 Å². The lowest BCUT2D eigenvalue weighted by Gasteiger charge is -1.96. The quantitative estimate of drug-likeness (QED) is 0.487. The fourth-order valence-corrected chi connectivity index (χ4v) is 0.148. The molecule has 0 aromatic carbocycles. The molecule has 0 aromatic heterocycles. The molecule has 40 valence electrons. The summed E-state index contributed by atoms with van der Waals surface area (Å²) in [6, 6.07) is 0. The zero-order chi connectivity index (χ0) is 5.86. The molecule has 1 atom stereocenters. The summed E-state index contributed by atoms with van der Waals surface area (Å²) in [6.45, 7) is 6.84. The monoisotopic (exact) mass is 98.1 g/mol. The molecule has 0 unspecified atom stereocenters. The standard InChI is InChI=1S/C6H10O/c1-4-5(2)6(3)7/h6-7H,1H2,2-3H3/t6-/m1/s1. The molecule has 1 nitrogen and oxygen atoms in total. The zero-order valence-electron chi connectivity index (χ0n) is 4.73. The second-order valence-corrected chi connectivity index (χ2v) is 1.54. The number of aliphatic hydroxyl groups excluding tert-OH is 1. The highest BCUT2D eigenvalue weighted by Gasteiger charge is 1.92. The molecule has 0 rings (SSSR count). The van der Waals surface area contributed by atoms with Crippen LogP contribution in [-0.4, -0.2) is 11.2 Å². The van der Waals surface area contributed by atoms with E-state index in [4.69, 9.17) is 5.11 Å². The van der Waals surface area contributed by atoms with E-state index in [1.165, 1.54) is 0 Å². The molecule has 0 heterocycles. The summed E-state index contributed by atoms with van der Waals surface area (Å²) in [6.07, 6.45) is -0.391. The van der Waals surface area contributed by atoms with Crippen LogP contribution < -0.4 is 0 Å². The van der Waals surface area contributed by atoms with Crippen LogP contribution in [0.4, 0.5) is 0 Å². The Kier molecular flexibility index (Phi) is 2.42. The first-order valence-corrected chi connectivity index (χ1v) is 2.23. The van der Waals surface area contributed by atoms with E-state index in [9.17, 15) is 0 Å². The van der Waals surface area contributed by atoms with E-state index in [0.717, 1.165) is 5.57 Å². The van der Waals surface area contributed by atoms with Gasteiger partial charge in [-0.1, -0.05) is 6.58 Å². The lowest BCUT2D eigenvalue weighted by Crippen LogP contribution is -1.98. The van der Waals surface area contributed by atoms with Crippen molar-refractivity contribution in [2.45, 2.75) is 20.0 Å². The van der Waals surface area contributed by atoms with Crippen molar-refractivity contribution >= 4 is 0 Å². The summed E-state index contributed by atoms with van der Waals surface area (Å²) in [7, 11) is 0. The van der Waals surface area contributed by atoms with Crippen LogP contribution >= 0.6 is 0 Å². The van der Waals surface area contributed by atoms with Gasteiger partial charge in [-0.25, -0.2) is 0 Å². The van der Waals surface area contributed by atoms with Gasteiger partial charge in [-0.2, -0.15) is 0 Å². The van der Waals surface area contributed by atoms with Gasteiger partial charge in [0.15, 0.2) is 0 Å². The maximum atomic E-state index is 8.68. The number of hydrogen-bond acceptors (Lipinski definition) is 1. The van der Waals surface area contributed by atoms with Crippen molar-refractivity contribution in [1.82, 2.24) is 0 Å². The van der Waals surface area contributed by atoms with Gasteiger partial charge < -0.3 is 5.11 Å². The SMILES string of the molecule is C=C=C(C)[C@@H](C)O. The molecule has 1 heteroatoms. The van der Waals surface area contributed by atoms with Gasteiger partial charge in [-0.05, 0) is 19.4 Å². The largest absolute Gasteiger partial charge is 0.388 e. The van der Waals surface area contributed by atoms with Crippen molar-refractivity contribution in [2.75, 3.05) is 0 Å². The minimum atomic E-state index is -0.391. The Labute approximate surface area is 44.0 Å². The summed E-state index contributed by atoms with van der Waals surface area (Å²) in [5.41, 5.74) is 3.37. The van der Waals surface area contributed by atoms with E-state index in [0.29, 0.717) is 0 Å². The molecular formula is C6H10O. The summed E-state index contributed by atoms with van der Waals surface area (Å²) in [4.78, 5) is 0. The normalized spacial score (nSPS) is 12.4. The second-order valence-electron chi connectivity index (χ2n) is 1.54. The molecule has 0 radical (unpaired) electrons. The predicted molar refractivity (Wildman–Crippen MR) is 30.0 cm³/mol. The van der Waals surface area contributed by atoms with E-state index in [1.807, 2.05) is 0 Å². The third-order valence-electron chi connectivity index (χ3n) is 0.906. The lowest BCUT2D eigenvalue weighted by atomic mass is 10.2. The van der Waals surface area contributed by atoms with Crippen molar-refractivity contribution in [3.8, 4) is 0 Å². The van der Waals surface area contributed by atoms with Gasteiger partial charge >= 0.3 is 0 Å². The third kappa shape index (κ3) is 2.21. The van der Waals surface area contributed by atoms with Crippen LogP contribution in [0.15, 0.2) is 17.9 Å². The molecule has 1 N–H and O–H groups in total. The molecule has 0 spiro atoms. The van der Waals surface area contributed by atoms with E-state index in [1.54, 1.807) is 13.8 Å². The van der Waals surface area contributed by atoms with Crippen LogP contribution in [0.1, 0.15) is 13.8 Å². The molecular weight excluding hydrogens is 88.1 g/mol. The van der Waals surface area contributed by atoms with Crippen LogP contribution in [0.2, 0.25) is 0 Å². The first kappa shape index (κ1) is 6.48. The van der Waals surface area contributed by atoms with Crippen molar-refractivity contribution in [3.05, 3.63) is 17.9 Å². The minimum absolute atomic E-state index is 0.391. The maximum absolute atomic E-state index is 8.68. The van der Waals surface area contributed by atoms with Crippen LogP contribution in [0.3, 0.4) is 0 Å². The zero-order valence-corrected chi connectivity index (χ0v) is 4.73. The lowest BCUT2D eigenvalue weighted by molar-refractivity contribution is 0.232. The van der Waals surface area contributed by atoms with Crippen LogP contribution in [0, 0.1) is 0 Å². The van der Waals surface area contributed by atoms with Gasteiger partial charge in [-0.15, -0.1) is 5.73 Å².